The van der Waals surface area contributed by atoms with Crippen LogP contribution >= 0.6 is 0 Å². The monoisotopic (exact) mass is 279 g/mol. The number of carbonyl (C=O) groups is 1. The number of amides is 1. The fraction of sp³-hybridized carbons (Fsp3) is 0.400. The first-order chi connectivity index (χ1) is 9.30. The Morgan fingerprint density at radius 3 is 2.70 bits per heavy atom. The summed E-state index contributed by atoms with van der Waals surface area (Å²) in [5.41, 5.74) is 0.338. The minimum atomic E-state index is -0.559. The molecule has 1 aromatic carbocycles. The predicted octanol–water partition coefficient (Wildman–Crippen LogP) is 2.19. The summed E-state index contributed by atoms with van der Waals surface area (Å²) < 4.78 is 18.2. The standard InChI is InChI=1S/C15H18FNO3/c1-15(2,3)20-14(19)17-6-4-5-11-7-12(10-18)9-13(16)8-11/h7-9,18H,6,10H2,1-3H3,(H,17,19). The van der Waals surface area contributed by atoms with Gasteiger partial charge in [0.2, 0.25) is 0 Å². The first kappa shape index (κ1) is 16.0. The Labute approximate surface area is 117 Å². The summed E-state index contributed by atoms with van der Waals surface area (Å²) in [6, 6.07) is 4.09. The molecular weight excluding hydrogens is 261 g/mol. The third kappa shape index (κ3) is 6.21. The van der Waals surface area contributed by atoms with Crippen LogP contribution in [-0.2, 0) is 11.3 Å². The molecule has 1 rings (SSSR count). The second-order valence-corrected chi connectivity index (χ2v) is 5.16. The van der Waals surface area contributed by atoms with Crippen LogP contribution in [0.1, 0.15) is 31.9 Å². The Kier molecular flexibility index (Phi) is 5.53. The number of hydrogen-bond donors (Lipinski definition) is 2. The van der Waals surface area contributed by atoms with Crippen LogP contribution < -0.4 is 5.32 Å². The van der Waals surface area contributed by atoms with Crippen LogP contribution in [0.3, 0.4) is 0 Å². The predicted molar refractivity (Wildman–Crippen MR) is 73.4 cm³/mol. The van der Waals surface area contributed by atoms with Crippen molar-refractivity contribution < 1.29 is 19.0 Å². The van der Waals surface area contributed by atoms with Gasteiger partial charge in [-0.2, -0.15) is 0 Å². The van der Waals surface area contributed by atoms with Gasteiger partial charge in [-0.25, -0.2) is 9.18 Å². The zero-order valence-electron chi connectivity index (χ0n) is 11.8. The molecule has 0 saturated heterocycles. The maximum atomic E-state index is 13.2. The molecule has 0 aliphatic carbocycles. The third-order valence-electron chi connectivity index (χ3n) is 2.09. The number of aliphatic hydroxyl groups excluding tert-OH is 1. The Hall–Kier alpha value is -2.06. The van der Waals surface area contributed by atoms with E-state index in [1.54, 1.807) is 26.8 Å². The fourth-order valence-electron chi connectivity index (χ4n) is 1.39. The van der Waals surface area contributed by atoms with Crippen molar-refractivity contribution in [1.82, 2.24) is 5.32 Å². The highest BCUT2D eigenvalue weighted by molar-refractivity contribution is 5.68. The maximum absolute atomic E-state index is 13.2. The van der Waals surface area contributed by atoms with Crippen molar-refractivity contribution >= 4 is 6.09 Å². The number of aliphatic hydroxyl groups is 1. The molecule has 4 nitrogen and oxygen atoms in total. The van der Waals surface area contributed by atoms with Crippen molar-refractivity contribution in [2.24, 2.45) is 0 Å². The van der Waals surface area contributed by atoms with Crippen molar-refractivity contribution in [3.63, 3.8) is 0 Å². The Bertz CT molecular complexity index is 538. The molecule has 108 valence electrons. The molecule has 5 heteroatoms. The Morgan fingerprint density at radius 1 is 1.40 bits per heavy atom. The lowest BCUT2D eigenvalue weighted by atomic mass is 10.1. The van der Waals surface area contributed by atoms with Crippen molar-refractivity contribution in [3.05, 3.63) is 35.1 Å². The SMILES string of the molecule is CC(C)(C)OC(=O)NCC#Cc1cc(F)cc(CO)c1. The molecule has 0 unspecified atom stereocenters. The van der Waals surface area contributed by atoms with Crippen LogP contribution in [0.5, 0.6) is 0 Å². The highest BCUT2D eigenvalue weighted by Crippen LogP contribution is 2.08. The number of hydrogen-bond acceptors (Lipinski definition) is 3. The number of ether oxygens (including phenoxy) is 1. The molecule has 0 bridgehead atoms. The van der Waals surface area contributed by atoms with Gasteiger partial charge in [-0.05, 0) is 44.5 Å². The molecule has 0 aliphatic rings. The molecule has 1 amide bonds. The topological polar surface area (TPSA) is 58.6 Å². The molecule has 1 aromatic rings. The number of halogens is 1. The van der Waals surface area contributed by atoms with E-state index >= 15 is 0 Å². The molecule has 0 spiro atoms. The van der Waals surface area contributed by atoms with Crippen molar-refractivity contribution in [3.8, 4) is 11.8 Å². The molecule has 0 aliphatic heterocycles. The van der Waals surface area contributed by atoms with Gasteiger partial charge in [0.25, 0.3) is 0 Å². The Balaban J connectivity index is 2.55. The zero-order valence-corrected chi connectivity index (χ0v) is 11.8. The first-order valence-corrected chi connectivity index (χ1v) is 6.16. The summed E-state index contributed by atoms with van der Waals surface area (Å²) in [6.07, 6.45) is -0.554. The van der Waals surface area contributed by atoms with Gasteiger partial charge in [0.15, 0.2) is 0 Å². The normalized spacial score (nSPS) is 10.4. The molecule has 0 atom stereocenters. The quantitative estimate of drug-likeness (QED) is 0.816. The van der Waals surface area contributed by atoms with Gasteiger partial charge in [0.1, 0.15) is 11.4 Å². The van der Waals surface area contributed by atoms with E-state index in [-0.39, 0.29) is 13.2 Å². The third-order valence-corrected chi connectivity index (χ3v) is 2.09. The van der Waals surface area contributed by atoms with Crippen molar-refractivity contribution in [2.75, 3.05) is 6.54 Å². The molecule has 0 heterocycles. The van der Waals surface area contributed by atoms with E-state index in [9.17, 15) is 9.18 Å². The lowest BCUT2D eigenvalue weighted by Gasteiger charge is -2.18. The van der Waals surface area contributed by atoms with Gasteiger partial charge in [-0.3, -0.25) is 0 Å². The van der Waals surface area contributed by atoms with Gasteiger partial charge >= 0.3 is 6.09 Å². The fourth-order valence-corrected chi connectivity index (χ4v) is 1.39. The average Bonchev–Trinajstić information content (AvgIpc) is 2.32. The van der Waals surface area contributed by atoms with Crippen LogP contribution in [0, 0.1) is 17.7 Å². The second-order valence-electron chi connectivity index (χ2n) is 5.16. The largest absolute Gasteiger partial charge is 0.444 e. The highest BCUT2D eigenvalue weighted by atomic mass is 19.1. The second kappa shape index (κ2) is 6.92. The van der Waals surface area contributed by atoms with Crippen LogP contribution in [0.25, 0.3) is 0 Å². The summed E-state index contributed by atoms with van der Waals surface area (Å²) in [5, 5.41) is 11.4. The van der Waals surface area contributed by atoms with Crippen molar-refractivity contribution in [1.29, 1.82) is 0 Å². The highest BCUT2D eigenvalue weighted by Gasteiger charge is 2.14. The van der Waals surface area contributed by atoms with Gasteiger partial charge in [0, 0.05) is 5.56 Å². The van der Waals surface area contributed by atoms with E-state index in [1.165, 1.54) is 12.1 Å². The van der Waals surface area contributed by atoms with Crippen LogP contribution in [0.2, 0.25) is 0 Å². The summed E-state index contributed by atoms with van der Waals surface area (Å²) in [4.78, 5) is 11.3. The molecule has 0 saturated carbocycles. The first-order valence-electron chi connectivity index (χ1n) is 6.16. The van der Waals surface area contributed by atoms with Crippen LogP contribution in [0.4, 0.5) is 9.18 Å². The minimum absolute atomic E-state index is 0.0971. The van der Waals surface area contributed by atoms with Gasteiger partial charge < -0.3 is 15.2 Å². The smallest absolute Gasteiger partial charge is 0.408 e. The summed E-state index contributed by atoms with van der Waals surface area (Å²) >= 11 is 0. The minimum Gasteiger partial charge on any atom is -0.444 e. The van der Waals surface area contributed by atoms with E-state index in [2.05, 4.69) is 17.2 Å². The zero-order chi connectivity index (χ0) is 15.2. The number of carbonyl (C=O) groups excluding carboxylic acids is 1. The van der Waals surface area contributed by atoms with Gasteiger partial charge in [-0.1, -0.05) is 11.8 Å². The number of rotatable bonds is 2. The molecule has 0 aromatic heterocycles. The summed E-state index contributed by atoms with van der Waals surface area (Å²) in [5.74, 6) is 4.94. The average molecular weight is 279 g/mol. The number of nitrogens with one attached hydrogen (secondary N) is 1. The summed E-state index contributed by atoms with van der Waals surface area (Å²) in [6.45, 7) is 5.15. The van der Waals surface area contributed by atoms with Crippen LogP contribution in [-0.4, -0.2) is 23.3 Å². The molecule has 20 heavy (non-hydrogen) atoms. The molecule has 0 fully saturated rings. The van der Waals surface area contributed by atoms with E-state index < -0.39 is 17.5 Å². The molecule has 0 radical (unpaired) electrons. The van der Waals surface area contributed by atoms with E-state index in [1.807, 2.05) is 0 Å². The lowest BCUT2D eigenvalue weighted by molar-refractivity contribution is 0.0535. The van der Waals surface area contributed by atoms with E-state index in [0.29, 0.717) is 11.1 Å². The molecular formula is C15H18FNO3. The number of benzene rings is 1. The van der Waals surface area contributed by atoms with E-state index in [4.69, 9.17) is 9.84 Å². The van der Waals surface area contributed by atoms with Gasteiger partial charge in [-0.15, -0.1) is 0 Å². The van der Waals surface area contributed by atoms with E-state index in [0.717, 1.165) is 0 Å². The molecule has 2 N–H and O–H groups in total. The Morgan fingerprint density at radius 2 is 2.10 bits per heavy atom. The maximum Gasteiger partial charge on any atom is 0.408 e. The summed E-state index contributed by atoms with van der Waals surface area (Å²) in [7, 11) is 0. The van der Waals surface area contributed by atoms with Gasteiger partial charge in [0.05, 0.1) is 13.2 Å². The number of alkyl carbamates (subject to hydrolysis) is 1. The van der Waals surface area contributed by atoms with Crippen molar-refractivity contribution in [2.45, 2.75) is 33.0 Å². The lowest BCUT2D eigenvalue weighted by Crippen LogP contribution is -2.32. The van der Waals surface area contributed by atoms with Crippen LogP contribution in [0.15, 0.2) is 18.2 Å².